The second-order valence-electron chi connectivity index (χ2n) is 5.35. The van der Waals surface area contributed by atoms with Crippen LogP contribution < -0.4 is 4.72 Å². The minimum Gasteiger partial charge on any atom is -0.360 e. The quantitative estimate of drug-likeness (QED) is 0.865. The third-order valence-corrected chi connectivity index (χ3v) is 6.14. The Morgan fingerprint density at radius 3 is 2.44 bits per heavy atom. The molecule has 2 rings (SSSR count). The van der Waals surface area contributed by atoms with Crippen molar-refractivity contribution in [3.05, 3.63) is 11.5 Å². The van der Waals surface area contributed by atoms with E-state index in [9.17, 15) is 8.42 Å². The van der Waals surface area contributed by atoms with Crippen LogP contribution in [0, 0.1) is 19.3 Å². The molecule has 0 amide bonds. The molecule has 2 unspecified atom stereocenters. The van der Waals surface area contributed by atoms with Gasteiger partial charge in [0.05, 0.1) is 0 Å². The van der Waals surface area contributed by atoms with Crippen LogP contribution in [0.2, 0.25) is 0 Å². The Morgan fingerprint density at radius 2 is 2.06 bits per heavy atom. The summed E-state index contributed by atoms with van der Waals surface area (Å²) < 4.78 is 32.1. The summed E-state index contributed by atoms with van der Waals surface area (Å²) in [6.45, 7) is 7.11. The maximum atomic E-state index is 12.3. The summed E-state index contributed by atoms with van der Waals surface area (Å²) in [6.07, 6.45) is 0.636. The molecule has 0 radical (unpaired) electrons. The van der Waals surface area contributed by atoms with E-state index in [1.165, 1.54) is 0 Å². The summed E-state index contributed by atoms with van der Waals surface area (Å²) in [7, 11) is -3.60. The molecule has 0 aliphatic heterocycles. The fraction of sp³-hybridized carbons (Fsp3) is 0.727. The van der Waals surface area contributed by atoms with Gasteiger partial charge in [0.1, 0.15) is 10.6 Å². The number of sulfonamides is 1. The lowest BCUT2D eigenvalue weighted by Crippen LogP contribution is -2.59. The molecule has 5 nitrogen and oxygen atoms in total. The summed E-state index contributed by atoms with van der Waals surface area (Å²) in [5, 5.41) is 3.66. The number of aromatic nitrogens is 1. The molecule has 0 saturated heterocycles. The van der Waals surface area contributed by atoms with Crippen LogP contribution in [0.15, 0.2) is 9.42 Å². The molecule has 1 aliphatic carbocycles. The van der Waals surface area contributed by atoms with Crippen molar-refractivity contribution in [1.82, 2.24) is 9.88 Å². The molecule has 7 heteroatoms. The molecule has 0 aromatic carbocycles. The van der Waals surface area contributed by atoms with Crippen molar-refractivity contribution < 1.29 is 12.9 Å². The zero-order valence-electron chi connectivity index (χ0n) is 10.8. The minimum atomic E-state index is -3.60. The molecule has 1 heterocycles. The number of halogens is 1. The SMILES string of the molecule is Cc1noc(C)c1S(=O)(=O)NC1CC(Cl)C1(C)C. The van der Waals surface area contributed by atoms with Crippen molar-refractivity contribution in [1.29, 1.82) is 0 Å². The molecule has 102 valence electrons. The monoisotopic (exact) mass is 292 g/mol. The first-order valence-electron chi connectivity index (χ1n) is 5.75. The average Bonchev–Trinajstić information content (AvgIpc) is 2.58. The van der Waals surface area contributed by atoms with Crippen LogP contribution in [0.3, 0.4) is 0 Å². The largest absolute Gasteiger partial charge is 0.360 e. The zero-order valence-corrected chi connectivity index (χ0v) is 12.4. The lowest BCUT2D eigenvalue weighted by Gasteiger charge is -2.48. The maximum Gasteiger partial charge on any atom is 0.246 e. The molecule has 1 saturated carbocycles. The van der Waals surface area contributed by atoms with Crippen molar-refractivity contribution in [2.24, 2.45) is 5.41 Å². The van der Waals surface area contributed by atoms with Crippen molar-refractivity contribution >= 4 is 21.6 Å². The van der Waals surface area contributed by atoms with Crippen LogP contribution in [0.1, 0.15) is 31.7 Å². The first-order valence-corrected chi connectivity index (χ1v) is 7.67. The van der Waals surface area contributed by atoms with Gasteiger partial charge in [0.2, 0.25) is 10.0 Å². The molecule has 1 N–H and O–H groups in total. The minimum absolute atomic E-state index is 0.00475. The summed E-state index contributed by atoms with van der Waals surface area (Å²) in [5.74, 6) is 0.305. The van der Waals surface area contributed by atoms with Crippen LogP contribution in [-0.2, 0) is 10.0 Å². The highest BCUT2D eigenvalue weighted by Gasteiger charge is 2.49. The van der Waals surface area contributed by atoms with Gasteiger partial charge in [-0.2, -0.15) is 0 Å². The van der Waals surface area contributed by atoms with E-state index in [0.29, 0.717) is 17.9 Å². The van der Waals surface area contributed by atoms with Crippen molar-refractivity contribution in [2.45, 2.75) is 50.4 Å². The Hall–Kier alpha value is -0.590. The van der Waals surface area contributed by atoms with E-state index in [1.807, 2.05) is 13.8 Å². The standard InChI is InChI=1S/C11H17ClN2O3S/c1-6-10(7(2)17-13-6)18(15,16)14-9-5-8(12)11(9,3)4/h8-9,14H,5H2,1-4H3. The number of hydrogen-bond donors (Lipinski definition) is 1. The molecular formula is C11H17ClN2O3S. The second kappa shape index (κ2) is 4.21. The number of rotatable bonds is 3. The van der Waals surface area contributed by atoms with E-state index in [0.717, 1.165) is 0 Å². The first kappa shape index (κ1) is 13.8. The molecule has 0 spiro atoms. The fourth-order valence-electron chi connectivity index (χ4n) is 2.18. The van der Waals surface area contributed by atoms with Gasteiger partial charge < -0.3 is 4.52 Å². The van der Waals surface area contributed by atoms with Crippen LogP contribution >= 0.6 is 11.6 Å². The molecule has 1 fully saturated rings. The predicted molar refractivity (Wildman–Crippen MR) is 68.1 cm³/mol. The van der Waals surface area contributed by atoms with Gasteiger partial charge in [-0.15, -0.1) is 11.6 Å². The predicted octanol–water partition coefficient (Wildman–Crippen LogP) is 1.98. The highest BCUT2D eigenvalue weighted by Crippen LogP contribution is 2.45. The Bertz CT molecular complexity index is 545. The smallest absolute Gasteiger partial charge is 0.246 e. The number of nitrogens with one attached hydrogen (secondary N) is 1. The van der Waals surface area contributed by atoms with E-state index in [4.69, 9.17) is 16.1 Å². The van der Waals surface area contributed by atoms with Crippen molar-refractivity contribution in [3.63, 3.8) is 0 Å². The van der Waals surface area contributed by atoms with Gasteiger partial charge >= 0.3 is 0 Å². The molecule has 1 aromatic heterocycles. The van der Waals surface area contributed by atoms with Crippen molar-refractivity contribution in [3.8, 4) is 0 Å². The van der Waals surface area contributed by atoms with E-state index in [2.05, 4.69) is 9.88 Å². The lowest BCUT2D eigenvalue weighted by molar-refractivity contribution is 0.137. The summed E-state index contributed by atoms with van der Waals surface area (Å²) in [4.78, 5) is 0.135. The topological polar surface area (TPSA) is 72.2 Å². The molecular weight excluding hydrogens is 276 g/mol. The van der Waals surface area contributed by atoms with Crippen LogP contribution in [0.25, 0.3) is 0 Å². The molecule has 18 heavy (non-hydrogen) atoms. The molecule has 1 aromatic rings. The van der Waals surface area contributed by atoms with Gasteiger partial charge in [0, 0.05) is 11.4 Å². The zero-order chi connectivity index (χ0) is 13.7. The number of alkyl halides is 1. The van der Waals surface area contributed by atoms with Crippen LogP contribution in [-0.4, -0.2) is 25.0 Å². The van der Waals surface area contributed by atoms with Gasteiger partial charge in [-0.25, -0.2) is 13.1 Å². The number of hydrogen-bond acceptors (Lipinski definition) is 4. The lowest BCUT2D eigenvalue weighted by atomic mass is 9.67. The van der Waals surface area contributed by atoms with E-state index < -0.39 is 10.0 Å². The van der Waals surface area contributed by atoms with Gasteiger partial charge in [-0.3, -0.25) is 0 Å². The second-order valence-corrected chi connectivity index (χ2v) is 7.53. The fourth-order valence-corrected chi connectivity index (χ4v) is 4.24. The van der Waals surface area contributed by atoms with E-state index >= 15 is 0 Å². The Labute approximate surface area is 112 Å². The Balaban J connectivity index is 2.25. The first-order chi connectivity index (χ1) is 8.16. The van der Waals surface area contributed by atoms with Crippen molar-refractivity contribution in [2.75, 3.05) is 0 Å². The molecule has 1 aliphatic rings. The normalized spacial score (nSPS) is 26.9. The third kappa shape index (κ3) is 2.06. The van der Waals surface area contributed by atoms with Gasteiger partial charge in [0.25, 0.3) is 0 Å². The summed E-state index contributed by atoms with van der Waals surface area (Å²) >= 11 is 6.09. The van der Waals surface area contributed by atoms with Gasteiger partial charge in [0.15, 0.2) is 5.76 Å². The van der Waals surface area contributed by atoms with Gasteiger partial charge in [-0.1, -0.05) is 19.0 Å². The number of aryl methyl sites for hydroxylation is 2. The highest BCUT2D eigenvalue weighted by molar-refractivity contribution is 7.89. The molecule has 2 atom stereocenters. The van der Waals surface area contributed by atoms with Gasteiger partial charge in [-0.05, 0) is 25.7 Å². The maximum absolute atomic E-state index is 12.3. The van der Waals surface area contributed by atoms with E-state index in [1.54, 1.807) is 13.8 Å². The summed E-state index contributed by atoms with van der Waals surface area (Å²) in [5.41, 5.74) is 0.132. The Kier molecular flexibility index (Phi) is 3.24. The van der Waals surface area contributed by atoms with E-state index in [-0.39, 0.29) is 21.7 Å². The highest BCUT2D eigenvalue weighted by atomic mass is 35.5. The average molecular weight is 293 g/mol. The van der Waals surface area contributed by atoms with Crippen LogP contribution in [0.4, 0.5) is 0 Å². The summed E-state index contributed by atoms with van der Waals surface area (Å²) in [6, 6.07) is -0.154. The molecule has 0 bridgehead atoms. The van der Waals surface area contributed by atoms with Crippen LogP contribution in [0.5, 0.6) is 0 Å². The third-order valence-electron chi connectivity index (χ3n) is 3.68. The Morgan fingerprint density at radius 1 is 1.44 bits per heavy atom. The number of nitrogens with zero attached hydrogens (tertiary/aromatic N) is 1.